The fourth-order valence-corrected chi connectivity index (χ4v) is 2.43. The second-order valence-corrected chi connectivity index (χ2v) is 4.84. The van der Waals surface area contributed by atoms with E-state index >= 15 is 0 Å². The standard InChI is InChI=1S/C16H14O5/c1-20-15-6-9(2-5-13(15)18)12-8-21-14-7-10(17)3-4-11(14)16(12)19/h2-7,12,17-18H,8H2,1H3/t12-/m0/s1. The molecule has 1 aliphatic rings. The van der Waals surface area contributed by atoms with Gasteiger partial charge in [0.2, 0.25) is 0 Å². The van der Waals surface area contributed by atoms with E-state index < -0.39 is 5.92 Å². The Balaban J connectivity index is 1.98. The molecule has 0 aliphatic carbocycles. The first kappa shape index (κ1) is 13.3. The molecule has 0 saturated heterocycles. The third-order valence-corrected chi connectivity index (χ3v) is 3.56. The van der Waals surface area contributed by atoms with E-state index in [0.717, 1.165) is 0 Å². The smallest absolute Gasteiger partial charge is 0.177 e. The first-order valence-corrected chi connectivity index (χ1v) is 6.47. The van der Waals surface area contributed by atoms with Crippen molar-refractivity contribution in [3.63, 3.8) is 0 Å². The summed E-state index contributed by atoms with van der Waals surface area (Å²) in [7, 11) is 1.45. The van der Waals surface area contributed by atoms with Crippen LogP contribution in [0.1, 0.15) is 21.8 Å². The molecule has 0 unspecified atom stereocenters. The molecule has 0 amide bonds. The van der Waals surface area contributed by atoms with E-state index in [4.69, 9.17) is 9.47 Å². The minimum Gasteiger partial charge on any atom is -0.508 e. The number of Topliss-reactive ketones (excluding diaryl/α,β-unsaturated/α-hetero) is 1. The number of benzene rings is 2. The molecule has 2 N–H and O–H groups in total. The van der Waals surface area contributed by atoms with Crippen LogP contribution in [0.15, 0.2) is 36.4 Å². The molecule has 3 rings (SSSR count). The molecule has 0 saturated carbocycles. The molecule has 2 aromatic rings. The van der Waals surface area contributed by atoms with Crippen LogP contribution in [0.5, 0.6) is 23.0 Å². The average molecular weight is 286 g/mol. The van der Waals surface area contributed by atoms with Crippen molar-refractivity contribution in [3.05, 3.63) is 47.5 Å². The van der Waals surface area contributed by atoms with E-state index in [1.165, 1.54) is 25.3 Å². The first-order valence-electron chi connectivity index (χ1n) is 6.47. The Morgan fingerprint density at radius 1 is 1.19 bits per heavy atom. The number of aromatic hydroxyl groups is 2. The van der Waals surface area contributed by atoms with Crippen LogP contribution in [0.25, 0.3) is 0 Å². The topological polar surface area (TPSA) is 76.0 Å². The zero-order chi connectivity index (χ0) is 15.0. The lowest BCUT2D eigenvalue weighted by Crippen LogP contribution is -2.25. The van der Waals surface area contributed by atoms with Crippen LogP contribution in [0.4, 0.5) is 0 Å². The highest BCUT2D eigenvalue weighted by Gasteiger charge is 2.30. The molecular formula is C16H14O5. The lowest BCUT2D eigenvalue weighted by molar-refractivity contribution is 0.0896. The highest BCUT2D eigenvalue weighted by atomic mass is 16.5. The van der Waals surface area contributed by atoms with Crippen molar-refractivity contribution in [1.29, 1.82) is 0 Å². The number of rotatable bonds is 2. The summed E-state index contributed by atoms with van der Waals surface area (Å²) in [6.07, 6.45) is 0. The number of ether oxygens (including phenoxy) is 2. The number of carbonyl (C=O) groups is 1. The van der Waals surface area contributed by atoms with Crippen molar-refractivity contribution in [1.82, 2.24) is 0 Å². The quantitative estimate of drug-likeness (QED) is 0.887. The molecule has 0 radical (unpaired) electrons. The molecule has 0 fully saturated rings. The fraction of sp³-hybridized carbons (Fsp3) is 0.188. The first-order chi connectivity index (χ1) is 10.1. The third kappa shape index (κ3) is 2.27. The van der Waals surface area contributed by atoms with Crippen molar-refractivity contribution in [2.75, 3.05) is 13.7 Å². The SMILES string of the molecule is COc1cc([C@@H]2COc3cc(O)ccc3C2=O)ccc1O. The van der Waals surface area contributed by atoms with Crippen molar-refractivity contribution < 1.29 is 24.5 Å². The van der Waals surface area contributed by atoms with Gasteiger partial charge in [-0.15, -0.1) is 0 Å². The van der Waals surface area contributed by atoms with Gasteiger partial charge in [0.25, 0.3) is 0 Å². The number of hydrogen-bond donors (Lipinski definition) is 2. The molecule has 1 heterocycles. The molecule has 5 heteroatoms. The minimum absolute atomic E-state index is 0.0238. The van der Waals surface area contributed by atoms with Crippen LogP contribution in [0.2, 0.25) is 0 Å². The normalized spacial score (nSPS) is 17.0. The van der Waals surface area contributed by atoms with E-state index in [1.54, 1.807) is 18.2 Å². The number of ketones is 1. The Morgan fingerprint density at radius 3 is 2.76 bits per heavy atom. The summed E-state index contributed by atoms with van der Waals surface area (Å²) in [5.74, 6) is 0.251. The molecule has 21 heavy (non-hydrogen) atoms. The van der Waals surface area contributed by atoms with Gasteiger partial charge in [-0.05, 0) is 29.8 Å². The van der Waals surface area contributed by atoms with Crippen LogP contribution >= 0.6 is 0 Å². The van der Waals surface area contributed by atoms with Gasteiger partial charge < -0.3 is 19.7 Å². The maximum absolute atomic E-state index is 12.5. The summed E-state index contributed by atoms with van der Waals surface area (Å²) in [4.78, 5) is 12.5. The molecular weight excluding hydrogens is 272 g/mol. The molecule has 108 valence electrons. The van der Waals surface area contributed by atoms with Gasteiger partial charge in [-0.3, -0.25) is 4.79 Å². The average Bonchev–Trinajstić information content (AvgIpc) is 2.48. The lowest BCUT2D eigenvalue weighted by atomic mass is 9.89. The Labute approximate surface area is 121 Å². The number of fused-ring (bicyclic) bond motifs is 1. The molecule has 5 nitrogen and oxygen atoms in total. The summed E-state index contributed by atoms with van der Waals surface area (Å²) in [6, 6.07) is 9.24. The van der Waals surface area contributed by atoms with Gasteiger partial charge in [0, 0.05) is 6.07 Å². The van der Waals surface area contributed by atoms with E-state index in [1.807, 2.05) is 0 Å². The van der Waals surface area contributed by atoms with Gasteiger partial charge in [-0.25, -0.2) is 0 Å². The van der Waals surface area contributed by atoms with E-state index in [-0.39, 0.29) is 23.9 Å². The Bertz CT molecular complexity index is 708. The number of hydrogen-bond acceptors (Lipinski definition) is 5. The fourth-order valence-electron chi connectivity index (χ4n) is 2.43. The minimum atomic E-state index is -0.462. The molecule has 0 spiro atoms. The van der Waals surface area contributed by atoms with Crippen LogP contribution in [0, 0.1) is 0 Å². The number of carbonyl (C=O) groups excluding carboxylic acids is 1. The zero-order valence-corrected chi connectivity index (χ0v) is 11.4. The van der Waals surface area contributed by atoms with Gasteiger partial charge in [0.05, 0.1) is 18.6 Å². The van der Waals surface area contributed by atoms with Crippen LogP contribution in [0.3, 0.4) is 0 Å². The summed E-state index contributed by atoms with van der Waals surface area (Å²) >= 11 is 0. The van der Waals surface area contributed by atoms with Crippen molar-refractivity contribution in [2.24, 2.45) is 0 Å². The molecule has 1 aliphatic heterocycles. The highest BCUT2D eigenvalue weighted by Crippen LogP contribution is 2.37. The Kier molecular flexibility index (Phi) is 3.17. The van der Waals surface area contributed by atoms with Gasteiger partial charge in [0.15, 0.2) is 17.3 Å². The van der Waals surface area contributed by atoms with Crippen LogP contribution < -0.4 is 9.47 Å². The lowest BCUT2D eigenvalue weighted by Gasteiger charge is -2.24. The molecule has 2 aromatic carbocycles. The predicted octanol–water partition coefficient (Wildman–Crippen LogP) is 2.47. The van der Waals surface area contributed by atoms with E-state index in [0.29, 0.717) is 22.6 Å². The van der Waals surface area contributed by atoms with Crippen molar-refractivity contribution in [2.45, 2.75) is 5.92 Å². The number of phenols is 2. The van der Waals surface area contributed by atoms with Crippen molar-refractivity contribution >= 4 is 5.78 Å². The summed E-state index contributed by atoms with van der Waals surface area (Å²) in [5.41, 5.74) is 1.16. The monoisotopic (exact) mass is 286 g/mol. The number of phenolic OH excluding ortho intramolecular Hbond substituents is 2. The van der Waals surface area contributed by atoms with Gasteiger partial charge >= 0.3 is 0 Å². The molecule has 0 aromatic heterocycles. The number of methoxy groups -OCH3 is 1. The largest absolute Gasteiger partial charge is 0.508 e. The Hall–Kier alpha value is -2.69. The second-order valence-electron chi connectivity index (χ2n) is 4.84. The molecule has 0 bridgehead atoms. The highest BCUT2D eigenvalue weighted by molar-refractivity contribution is 6.04. The van der Waals surface area contributed by atoms with Crippen LogP contribution in [-0.2, 0) is 0 Å². The zero-order valence-electron chi connectivity index (χ0n) is 11.4. The molecule has 1 atom stereocenters. The van der Waals surface area contributed by atoms with Crippen molar-refractivity contribution in [3.8, 4) is 23.0 Å². The predicted molar refractivity (Wildman–Crippen MR) is 75.3 cm³/mol. The third-order valence-electron chi connectivity index (χ3n) is 3.56. The second kappa shape index (κ2) is 5.01. The Morgan fingerprint density at radius 2 is 2.00 bits per heavy atom. The maximum atomic E-state index is 12.5. The summed E-state index contributed by atoms with van der Waals surface area (Å²) < 4.78 is 10.6. The van der Waals surface area contributed by atoms with Gasteiger partial charge in [0.1, 0.15) is 18.1 Å². The summed E-state index contributed by atoms with van der Waals surface area (Å²) in [6.45, 7) is 0.184. The van der Waals surface area contributed by atoms with Crippen LogP contribution in [-0.4, -0.2) is 29.7 Å². The summed E-state index contributed by atoms with van der Waals surface area (Å²) in [5, 5.41) is 19.0. The van der Waals surface area contributed by atoms with E-state index in [2.05, 4.69) is 0 Å². The maximum Gasteiger partial charge on any atom is 0.177 e. The van der Waals surface area contributed by atoms with E-state index in [9.17, 15) is 15.0 Å². The van der Waals surface area contributed by atoms with Gasteiger partial charge in [-0.1, -0.05) is 6.07 Å². The van der Waals surface area contributed by atoms with Gasteiger partial charge in [-0.2, -0.15) is 0 Å².